The highest BCUT2D eigenvalue weighted by molar-refractivity contribution is 5.20. The summed E-state index contributed by atoms with van der Waals surface area (Å²) in [5, 5.41) is 0. The smallest absolute Gasteiger partial charge is 0.251 e. The van der Waals surface area contributed by atoms with Crippen LogP contribution >= 0.6 is 0 Å². The Labute approximate surface area is 97.3 Å². The molecule has 2 rings (SSSR count). The lowest BCUT2D eigenvalue weighted by molar-refractivity contribution is 0.627. The van der Waals surface area contributed by atoms with Crippen LogP contribution in [0.3, 0.4) is 0 Å². The third-order valence-electron chi connectivity index (χ3n) is 2.34. The fraction of sp³-hybridized carbons (Fsp3) is 0.167. The summed E-state index contributed by atoms with van der Waals surface area (Å²) < 4.78 is 12.7. The molecule has 0 amide bonds. The average molecular weight is 233 g/mol. The highest BCUT2D eigenvalue weighted by atomic mass is 19.1. The van der Waals surface area contributed by atoms with Crippen LogP contribution in [0.5, 0.6) is 0 Å². The summed E-state index contributed by atoms with van der Waals surface area (Å²) in [6, 6.07) is 7.43. The average Bonchev–Trinajstić information content (AvgIpc) is 2.31. The minimum absolute atomic E-state index is 0.223. The van der Waals surface area contributed by atoms with Gasteiger partial charge in [-0.2, -0.15) is 0 Å². The zero-order chi connectivity index (χ0) is 12.3. The molecule has 0 saturated carbocycles. The number of rotatable bonds is 3. The van der Waals surface area contributed by atoms with Gasteiger partial charge in [0.1, 0.15) is 11.6 Å². The fourth-order valence-corrected chi connectivity index (χ4v) is 1.55. The molecule has 1 aromatic carbocycles. The van der Waals surface area contributed by atoms with E-state index in [4.69, 9.17) is 5.73 Å². The molecule has 0 aliphatic rings. The molecule has 5 heteroatoms. The SMILES string of the molecule is NCc1cc(=O)[nH]c(Cc2ccc(F)cc2)n1. The molecule has 3 N–H and O–H groups in total. The van der Waals surface area contributed by atoms with E-state index in [1.165, 1.54) is 18.2 Å². The van der Waals surface area contributed by atoms with Crippen LogP contribution in [0.15, 0.2) is 35.1 Å². The summed E-state index contributed by atoms with van der Waals surface area (Å²) in [7, 11) is 0. The Morgan fingerprint density at radius 1 is 1.29 bits per heavy atom. The van der Waals surface area contributed by atoms with Gasteiger partial charge >= 0.3 is 0 Å². The highest BCUT2D eigenvalue weighted by Gasteiger charge is 2.02. The Balaban J connectivity index is 2.26. The number of nitrogens with zero attached hydrogens (tertiary/aromatic N) is 1. The summed E-state index contributed by atoms with van der Waals surface area (Å²) in [4.78, 5) is 18.1. The van der Waals surface area contributed by atoms with E-state index in [1.54, 1.807) is 12.1 Å². The molecular weight excluding hydrogens is 221 g/mol. The largest absolute Gasteiger partial charge is 0.325 e. The molecule has 0 unspecified atom stereocenters. The zero-order valence-corrected chi connectivity index (χ0v) is 9.11. The number of aromatic nitrogens is 2. The predicted octanol–water partition coefficient (Wildman–Crippen LogP) is 0.958. The number of aromatic amines is 1. The molecule has 88 valence electrons. The molecule has 17 heavy (non-hydrogen) atoms. The quantitative estimate of drug-likeness (QED) is 0.829. The predicted molar refractivity (Wildman–Crippen MR) is 62.0 cm³/mol. The molecule has 0 atom stereocenters. The van der Waals surface area contributed by atoms with Gasteiger partial charge in [-0.3, -0.25) is 4.79 Å². The number of nitrogens with two attached hydrogens (primary N) is 1. The van der Waals surface area contributed by atoms with Crippen LogP contribution in [0.1, 0.15) is 17.1 Å². The van der Waals surface area contributed by atoms with Crippen molar-refractivity contribution in [3.8, 4) is 0 Å². The molecule has 0 aliphatic carbocycles. The van der Waals surface area contributed by atoms with Crippen LogP contribution < -0.4 is 11.3 Å². The van der Waals surface area contributed by atoms with Crippen LogP contribution in [0.25, 0.3) is 0 Å². The normalized spacial score (nSPS) is 10.5. The minimum atomic E-state index is -0.286. The van der Waals surface area contributed by atoms with Crippen molar-refractivity contribution in [2.24, 2.45) is 5.73 Å². The lowest BCUT2D eigenvalue weighted by Crippen LogP contribution is -2.15. The van der Waals surface area contributed by atoms with Crippen LogP contribution in [0, 0.1) is 5.82 Å². The van der Waals surface area contributed by atoms with Gasteiger partial charge in [0.15, 0.2) is 0 Å². The molecule has 0 fully saturated rings. The van der Waals surface area contributed by atoms with Crippen molar-refractivity contribution in [1.29, 1.82) is 0 Å². The zero-order valence-electron chi connectivity index (χ0n) is 9.11. The van der Waals surface area contributed by atoms with Crippen LogP contribution in [-0.2, 0) is 13.0 Å². The van der Waals surface area contributed by atoms with E-state index in [0.29, 0.717) is 17.9 Å². The topological polar surface area (TPSA) is 71.8 Å². The first kappa shape index (κ1) is 11.5. The van der Waals surface area contributed by atoms with Gasteiger partial charge in [-0.1, -0.05) is 12.1 Å². The summed E-state index contributed by atoms with van der Waals surface area (Å²) >= 11 is 0. The monoisotopic (exact) mass is 233 g/mol. The summed E-state index contributed by atoms with van der Waals surface area (Å²) in [6.07, 6.45) is 0.448. The van der Waals surface area contributed by atoms with E-state index in [9.17, 15) is 9.18 Å². The molecule has 0 radical (unpaired) electrons. The van der Waals surface area contributed by atoms with Gasteiger partial charge in [0.2, 0.25) is 0 Å². The molecule has 1 aromatic heterocycles. The Kier molecular flexibility index (Phi) is 3.30. The Morgan fingerprint density at radius 3 is 2.65 bits per heavy atom. The van der Waals surface area contributed by atoms with Gasteiger partial charge in [-0.25, -0.2) is 9.37 Å². The second kappa shape index (κ2) is 4.88. The van der Waals surface area contributed by atoms with Gasteiger partial charge in [-0.05, 0) is 17.7 Å². The fourth-order valence-electron chi connectivity index (χ4n) is 1.55. The Bertz CT molecular complexity index is 563. The summed E-state index contributed by atoms with van der Waals surface area (Å²) in [5.74, 6) is 0.246. The van der Waals surface area contributed by atoms with Gasteiger partial charge in [0.25, 0.3) is 5.56 Å². The second-order valence-corrected chi connectivity index (χ2v) is 3.69. The van der Waals surface area contributed by atoms with Crippen LogP contribution in [0.2, 0.25) is 0 Å². The maximum absolute atomic E-state index is 12.7. The number of H-pyrrole nitrogens is 1. The molecule has 0 bridgehead atoms. The van der Waals surface area contributed by atoms with Crippen molar-refractivity contribution in [3.05, 3.63) is 63.6 Å². The Morgan fingerprint density at radius 2 is 2.00 bits per heavy atom. The maximum Gasteiger partial charge on any atom is 0.251 e. The van der Waals surface area contributed by atoms with Crippen LogP contribution in [-0.4, -0.2) is 9.97 Å². The third-order valence-corrected chi connectivity index (χ3v) is 2.34. The highest BCUT2D eigenvalue weighted by Crippen LogP contribution is 2.06. The first-order valence-electron chi connectivity index (χ1n) is 5.21. The van der Waals surface area contributed by atoms with Crippen molar-refractivity contribution in [3.63, 3.8) is 0 Å². The van der Waals surface area contributed by atoms with Gasteiger partial charge in [0, 0.05) is 19.0 Å². The lowest BCUT2D eigenvalue weighted by Gasteiger charge is -2.03. The van der Waals surface area contributed by atoms with Gasteiger partial charge in [-0.15, -0.1) is 0 Å². The summed E-state index contributed by atoms with van der Waals surface area (Å²) in [6.45, 7) is 0.223. The van der Waals surface area contributed by atoms with E-state index >= 15 is 0 Å². The number of benzene rings is 1. The first-order chi connectivity index (χ1) is 8.17. The molecular formula is C12H12FN3O. The van der Waals surface area contributed by atoms with Crippen molar-refractivity contribution >= 4 is 0 Å². The molecule has 4 nitrogen and oxygen atoms in total. The van der Waals surface area contributed by atoms with E-state index in [0.717, 1.165) is 5.56 Å². The van der Waals surface area contributed by atoms with Crippen molar-refractivity contribution in [1.82, 2.24) is 9.97 Å². The van der Waals surface area contributed by atoms with E-state index in [1.807, 2.05) is 0 Å². The van der Waals surface area contributed by atoms with E-state index in [2.05, 4.69) is 9.97 Å². The summed E-state index contributed by atoms with van der Waals surface area (Å²) in [5.41, 5.74) is 6.64. The molecule has 2 aromatic rings. The lowest BCUT2D eigenvalue weighted by atomic mass is 10.1. The standard InChI is InChI=1S/C12H12FN3O/c13-9-3-1-8(2-4-9)5-11-15-10(7-14)6-12(17)16-11/h1-4,6H,5,7,14H2,(H,15,16,17). The Hall–Kier alpha value is -2.01. The number of halogens is 1. The van der Waals surface area contributed by atoms with Crippen molar-refractivity contribution in [2.75, 3.05) is 0 Å². The minimum Gasteiger partial charge on any atom is -0.325 e. The van der Waals surface area contributed by atoms with Crippen molar-refractivity contribution in [2.45, 2.75) is 13.0 Å². The molecule has 1 heterocycles. The first-order valence-corrected chi connectivity index (χ1v) is 5.21. The van der Waals surface area contributed by atoms with E-state index in [-0.39, 0.29) is 17.9 Å². The molecule has 0 aliphatic heterocycles. The van der Waals surface area contributed by atoms with Gasteiger partial charge < -0.3 is 10.7 Å². The van der Waals surface area contributed by atoms with Crippen molar-refractivity contribution < 1.29 is 4.39 Å². The second-order valence-electron chi connectivity index (χ2n) is 3.69. The van der Waals surface area contributed by atoms with Gasteiger partial charge in [0.05, 0.1) is 5.69 Å². The molecule has 0 saturated heterocycles. The maximum atomic E-state index is 12.7. The number of nitrogens with one attached hydrogen (secondary N) is 1. The van der Waals surface area contributed by atoms with E-state index < -0.39 is 0 Å². The number of hydrogen-bond acceptors (Lipinski definition) is 3. The molecule has 0 spiro atoms. The number of hydrogen-bond donors (Lipinski definition) is 2. The third kappa shape index (κ3) is 2.98. The van der Waals surface area contributed by atoms with Crippen LogP contribution in [0.4, 0.5) is 4.39 Å².